The van der Waals surface area contributed by atoms with E-state index >= 15 is 0 Å². The van der Waals surface area contributed by atoms with Gasteiger partial charge in [0.15, 0.2) is 22.9 Å². The maximum Gasteiger partial charge on any atom is 0.159 e. The SMILES string of the molecule is N#CC1CN(c2ccc(-c3cccc4nc(CC(=O)C5CC5)nn34)cc2)C1.O=C(Cc1nc2cccc(-c3ccc(Br)cc3)n2n1)C1CC1. The zero-order valence-corrected chi connectivity index (χ0v) is 28.3. The summed E-state index contributed by atoms with van der Waals surface area (Å²) < 4.78 is 4.68. The van der Waals surface area contributed by atoms with Gasteiger partial charge in [-0.05, 0) is 74.2 Å². The summed E-state index contributed by atoms with van der Waals surface area (Å²) in [5, 5.41) is 18.0. The lowest BCUT2D eigenvalue weighted by Gasteiger charge is -2.37. The highest BCUT2D eigenvalue weighted by Crippen LogP contribution is 2.32. The number of anilines is 1. The molecule has 6 aromatic rings. The first-order chi connectivity index (χ1) is 23.9. The van der Waals surface area contributed by atoms with Crippen molar-refractivity contribution < 1.29 is 9.59 Å². The molecule has 11 heteroatoms. The molecule has 0 N–H and O–H groups in total. The molecule has 3 fully saturated rings. The third kappa shape index (κ3) is 6.74. The number of halogens is 1. The van der Waals surface area contributed by atoms with Gasteiger partial charge < -0.3 is 4.90 Å². The first-order valence-electron chi connectivity index (χ1n) is 16.7. The summed E-state index contributed by atoms with van der Waals surface area (Å²) >= 11 is 3.45. The van der Waals surface area contributed by atoms with Crippen LogP contribution in [0.2, 0.25) is 0 Å². The first kappa shape index (κ1) is 31.1. The lowest BCUT2D eigenvalue weighted by atomic mass is 10.0. The van der Waals surface area contributed by atoms with Crippen molar-refractivity contribution in [2.75, 3.05) is 18.0 Å². The molecule has 0 unspecified atom stereocenters. The molecule has 0 bridgehead atoms. The quantitative estimate of drug-likeness (QED) is 0.165. The highest BCUT2D eigenvalue weighted by molar-refractivity contribution is 9.10. The Kier molecular flexibility index (Phi) is 8.25. The van der Waals surface area contributed by atoms with E-state index in [4.69, 9.17) is 5.26 Å². The van der Waals surface area contributed by atoms with Crippen LogP contribution in [-0.2, 0) is 22.4 Å². The second-order valence-corrected chi connectivity index (χ2v) is 14.0. The molecule has 9 rings (SSSR count). The summed E-state index contributed by atoms with van der Waals surface area (Å²) in [6.45, 7) is 1.60. The normalized spacial score (nSPS) is 15.8. The van der Waals surface area contributed by atoms with E-state index in [1.165, 1.54) is 0 Å². The van der Waals surface area contributed by atoms with Gasteiger partial charge in [-0.2, -0.15) is 15.5 Å². The third-order valence-corrected chi connectivity index (χ3v) is 9.80. The second kappa shape index (κ2) is 13.0. The van der Waals surface area contributed by atoms with Gasteiger partial charge in [0, 0.05) is 46.2 Å². The van der Waals surface area contributed by atoms with Crippen LogP contribution in [0.3, 0.4) is 0 Å². The monoisotopic (exact) mass is 712 g/mol. The molecule has 244 valence electrons. The van der Waals surface area contributed by atoms with Crippen LogP contribution >= 0.6 is 15.9 Å². The molecule has 4 aromatic heterocycles. The number of hydrogen-bond acceptors (Lipinski definition) is 8. The molecule has 0 atom stereocenters. The predicted octanol–water partition coefficient (Wildman–Crippen LogP) is 6.56. The summed E-state index contributed by atoms with van der Waals surface area (Å²) in [5.74, 6) is 2.34. The fraction of sp³-hybridized carbons (Fsp3) is 0.289. The number of fused-ring (bicyclic) bond motifs is 2. The maximum atomic E-state index is 12.1. The van der Waals surface area contributed by atoms with Crippen LogP contribution in [0.4, 0.5) is 5.69 Å². The van der Waals surface area contributed by atoms with Gasteiger partial charge in [0.1, 0.15) is 11.6 Å². The van der Waals surface area contributed by atoms with Crippen LogP contribution in [-0.4, -0.2) is 53.9 Å². The zero-order chi connectivity index (χ0) is 33.5. The van der Waals surface area contributed by atoms with Gasteiger partial charge in [-0.1, -0.05) is 52.3 Å². The fourth-order valence-electron chi connectivity index (χ4n) is 6.13. The minimum absolute atomic E-state index is 0.144. The average Bonchev–Trinajstić information content (AvgIpc) is 4.03. The molecule has 49 heavy (non-hydrogen) atoms. The Labute approximate surface area is 291 Å². The molecular formula is C38H33BrN8O2. The van der Waals surface area contributed by atoms with Crippen molar-refractivity contribution in [3.63, 3.8) is 0 Å². The average molecular weight is 714 g/mol. The lowest BCUT2D eigenvalue weighted by molar-refractivity contribution is -0.120. The Morgan fingerprint density at radius 3 is 1.61 bits per heavy atom. The molecule has 1 aliphatic heterocycles. The van der Waals surface area contributed by atoms with Crippen LogP contribution in [0.25, 0.3) is 33.8 Å². The van der Waals surface area contributed by atoms with E-state index in [1.54, 1.807) is 0 Å². The molecule has 1 saturated heterocycles. The minimum atomic E-state index is 0.144. The number of rotatable bonds is 9. The van der Waals surface area contributed by atoms with Gasteiger partial charge in [-0.3, -0.25) is 9.59 Å². The molecule has 2 aliphatic carbocycles. The standard InChI is InChI=1S/C21H19N5O.C17H14BrN3O/c22-11-14-12-25(13-14)17-8-6-15(7-9-17)18-2-1-3-21-23-20(24-26(18)21)10-19(27)16-4-5-16;18-13-8-6-11(7-9-13)14-2-1-3-17-19-16(20-21(14)17)10-15(22)12-4-5-12/h1-3,6-9,14,16H,4-5,10,12-13H2;1-3,6-9,12H,4-5,10H2. The van der Waals surface area contributed by atoms with E-state index in [-0.39, 0.29) is 29.3 Å². The Hall–Kier alpha value is -5.21. The van der Waals surface area contributed by atoms with Crippen molar-refractivity contribution in [3.05, 3.63) is 101 Å². The van der Waals surface area contributed by atoms with Crippen molar-refractivity contribution in [2.24, 2.45) is 17.8 Å². The van der Waals surface area contributed by atoms with Crippen LogP contribution in [0.1, 0.15) is 37.3 Å². The summed E-state index contributed by atoms with van der Waals surface area (Å²) in [4.78, 5) is 35.2. The molecule has 10 nitrogen and oxygen atoms in total. The Balaban J connectivity index is 0.000000145. The highest BCUT2D eigenvalue weighted by Gasteiger charge is 2.31. The summed E-state index contributed by atoms with van der Waals surface area (Å²) in [6.07, 6.45) is 4.73. The number of nitrogens with zero attached hydrogens (tertiary/aromatic N) is 8. The number of ketones is 2. The number of Topliss-reactive ketones (excluding diaryl/α,β-unsaturated/α-hetero) is 2. The number of carbonyl (C=O) groups excluding carboxylic acids is 2. The van der Waals surface area contributed by atoms with Crippen LogP contribution in [0.5, 0.6) is 0 Å². The highest BCUT2D eigenvalue weighted by atomic mass is 79.9. The van der Waals surface area contributed by atoms with Gasteiger partial charge in [-0.25, -0.2) is 19.0 Å². The van der Waals surface area contributed by atoms with Crippen molar-refractivity contribution in [1.82, 2.24) is 29.2 Å². The Morgan fingerprint density at radius 1 is 0.694 bits per heavy atom. The Bertz CT molecular complexity index is 2220. The molecule has 0 spiro atoms. The van der Waals surface area contributed by atoms with Gasteiger partial charge in [0.05, 0.1) is 36.2 Å². The minimum Gasteiger partial charge on any atom is -0.369 e. The van der Waals surface area contributed by atoms with Gasteiger partial charge >= 0.3 is 0 Å². The van der Waals surface area contributed by atoms with E-state index < -0.39 is 0 Å². The molecule has 2 saturated carbocycles. The molecule has 0 radical (unpaired) electrons. The molecule has 5 heterocycles. The van der Waals surface area contributed by atoms with Crippen LogP contribution in [0, 0.1) is 29.1 Å². The third-order valence-electron chi connectivity index (χ3n) is 9.27. The van der Waals surface area contributed by atoms with E-state index in [0.717, 1.165) is 82.7 Å². The summed E-state index contributed by atoms with van der Waals surface area (Å²) in [6, 6.07) is 30.5. The van der Waals surface area contributed by atoms with Gasteiger partial charge in [0.25, 0.3) is 0 Å². The number of hydrogen-bond donors (Lipinski definition) is 0. The number of pyridine rings is 2. The number of nitriles is 1. The molecule has 0 amide bonds. The fourth-order valence-corrected chi connectivity index (χ4v) is 6.40. The van der Waals surface area contributed by atoms with E-state index in [2.05, 4.69) is 71.3 Å². The second-order valence-electron chi connectivity index (χ2n) is 13.0. The largest absolute Gasteiger partial charge is 0.369 e. The Morgan fingerprint density at radius 2 is 1.16 bits per heavy atom. The zero-order valence-electron chi connectivity index (χ0n) is 26.7. The molecule has 2 aromatic carbocycles. The summed E-state index contributed by atoms with van der Waals surface area (Å²) in [7, 11) is 0. The lowest BCUT2D eigenvalue weighted by Crippen LogP contribution is -2.45. The first-order valence-corrected chi connectivity index (χ1v) is 17.5. The van der Waals surface area contributed by atoms with E-state index in [0.29, 0.717) is 24.5 Å². The van der Waals surface area contributed by atoms with Crippen molar-refractivity contribution in [1.29, 1.82) is 5.26 Å². The van der Waals surface area contributed by atoms with Gasteiger partial charge in [0.2, 0.25) is 0 Å². The van der Waals surface area contributed by atoms with Crippen LogP contribution < -0.4 is 4.90 Å². The van der Waals surface area contributed by atoms with Crippen molar-refractivity contribution in [3.8, 4) is 28.6 Å². The van der Waals surface area contributed by atoms with E-state index in [1.807, 2.05) is 69.7 Å². The summed E-state index contributed by atoms with van der Waals surface area (Å²) in [5.41, 5.74) is 6.71. The number of benzene rings is 2. The topological polar surface area (TPSA) is 122 Å². The number of aromatic nitrogens is 6. The smallest absolute Gasteiger partial charge is 0.159 e. The molecular weight excluding hydrogens is 680 g/mol. The number of carbonyl (C=O) groups is 2. The predicted molar refractivity (Wildman–Crippen MR) is 189 cm³/mol. The van der Waals surface area contributed by atoms with Gasteiger partial charge in [-0.15, -0.1) is 0 Å². The maximum absolute atomic E-state index is 12.1. The van der Waals surface area contributed by atoms with E-state index in [9.17, 15) is 9.59 Å². The molecule has 3 aliphatic rings. The van der Waals surface area contributed by atoms with Crippen LogP contribution in [0.15, 0.2) is 89.4 Å². The van der Waals surface area contributed by atoms with Crippen molar-refractivity contribution in [2.45, 2.75) is 38.5 Å². The van der Waals surface area contributed by atoms with Crippen molar-refractivity contribution >= 4 is 44.5 Å².